The Kier molecular flexibility index (Phi) is 6.09. The smallest absolute Gasteiger partial charge is 0.265 e. The second-order valence-corrected chi connectivity index (χ2v) is 9.63. The molecule has 2 amide bonds. The lowest BCUT2D eigenvalue weighted by molar-refractivity contribution is 0.00628. The third-order valence-electron chi connectivity index (χ3n) is 5.92. The number of thiophene rings is 1. The van der Waals surface area contributed by atoms with E-state index in [2.05, 4.69) is 11.4 Å². The molecule has 156 valence electrons. The van der Waals surface area contributed by atoms with Gasteiger partial charge in [-0.3, -0.25) is 9.59 Å². The van der Waals surface area contributed by atoms with Crippen LogP contribution >= 0.6 is 22.9 Å². The van der Waals surface area contributed by atoms with Crippen LogP contribution in [0.25, 0.3) is 0 Å². The Bertz CT molecular complexity index is 1020. The molecule has 8 heteroatoms. The second-order valence-electron chi connectivity index (χ2n) is 7.92. The largest absolute Gasteiger partial charge is 0.369 e. The highest BCUT2D eigenvalue weighted by Gasteiger charge is 2.39. The van der Waals surface area contributed by atoms with Gasteiger partial charge in [0.25, 0.3) is 11.8 Å². The predicted molar refractivity (Wildman–Crippen MR) is 115 cm³/mol. The highest BCUT2D eigenvalue weighted by Crippen LogP contribution is 2.39. The van der Waals surface area contributed by atoms with Gasteiger partial charge in [0.15, 0.2) is 6.23 Å². The van der Waals surface area contributed by atoms with Gasteiger partial charge < -0.3 is 15.3 Å². The zero-order valence-corrected chi connectivity index (χ0v) is 17.9. The summed E-state index contributed by atoms with van der Waals surface area (Å²) in [7, 11) is 0. The van der Waals surface area contributed by atoms with Crippen LogP contribution < -0.4 is 5.32 Å². The summed E-state index contributed by atoms with van der Waals surface area (Å²) in [4.78, 5) is 27.7. The lowest BCUT2D eigenvalue weighted by Crippen LogP contribution is -2.35. The molecule has 2 aromatic rings. The molecule has 6 nitrogen and oxygen atoms in total. The monoisotopic (exact) mass is 443 g/mol. The summed E-state index contributed by atoms with van der Waals surface area (Å²) < 4.78 is 0.512. The zero-order valence-electron chi connectivity index (χ0n) is 16.3. The minimum absolute atomic E-state index is 0.260. The summed E-state index contributed by atoms with van der Waals surface area (Å²) in [5.74, 6) is 0.00226. The Balaban J connectivity index is 1.52. The topological polar surface area (TPSA) is 93.4 Å². The number of amides is 2. The molecule has 1 aromatic heterocycles. The highest BCUT2D eigenvalue weighted by molar-refractivity contribution is 7.18. The summed E-state index contributed by atoms with van der Waals surface area (Å²) >= 11 is 7.08. The minimum Gasteiger partial charge on any atom is -0.369 e. The van der Waals surface area contributed by atoms with Crippen LogP contribution in [0, 0.1) is 23.2 Å². The van der Waals surface area contributed by atoms with Gasteiger partial charge in [0.1, 0.15) is 0 Å². The lowest BCUT2D eigenvalue weighted by atomic mass is 9.80. The van der Waals surface area contributed by atoms with Gasteiger partial charge in [0.2, 0.25) is 0 Å². The van der Waals surface area contributed by atoms with Crippen LogP contribution in [0.5, 0.6) is 0 Å². The number of nitrogens with one attached hydrogen (secondary N) is 1. The molecular formula is C22H22ClN3O3S. The van der Waals surface area contributed by atoms with Crippen molar-refractivity contribution >= 4 is 40.4 Å². The number of hydrogen-bond donors (Lipinski definition) is 2. The number of fused-ring (bicyclic) bond motifs is 1. The van der Waals surface area contributed by atoms with Crippen molar-refractivity contribution in [3.8, 4) is 6.07 Å². The molecule has 2 heterocycles. The van der Waals surface area contributed by atoms with E-state index in [1.807, 2.05) is 0 Å². The number of nitrogens with zero attached hydrogens (tertiary/aromatic N) is 2. The Hall–Kier alpha value is -2.40. The van der Waals surface area contributed by atoms with Crippen molar-refractivity contribution < 1.29 is 14.7 Å². The number of hydrogen-bond acceptors (Lipinski definition) is 5. The van der Waals surface area contributed by atoms with E-state index in [4.69, 9.17) is 16.9 Å². The summed E-state index contributed by atoms with van der Waals surface area (Å²) in [6.07, 6.45) is 3.46. The van der Waals surface area contributed by atoms with Crippen molar-refractivity contribution in [2.45, 2.75) is 38.3 Å². The number of anilines is 1. The summed E-state index contributed by atoms with van der Waals surface area (Å²) in [6, 6.07) is 10.6. The molecule has 1 unspecified atom stereocenters. The van der Waals surface area contributed by atoms with Crippen LogP contribution in [-0.2, 0) is 0 Å². The maximum absolute atomic E-state index is 13.2. The Morgan fingerprint density at radius 3 is 2.83 bits per heavy atom. The average molecular weight is 444 g/mol. The normalized spacial score (nSPS) is 23.2. The quantitative estimate of drug-likeness (QED) is 0.692. The van der Waals surface area contributed by atoms with E-state index in [0.29, 0.717) is 44.9 Å². The van der Waals surface area contributed by atoms with Crippen LogP contribution in [0.3, 0.4) is 0 Å². The Morgan fingerprint density at radius 1 is 1.30 bits per heavy atom. The predicted octanol–water partition coefficient (Wildman–Crippen LogP) is 4.82. The molecule has 0 bridgehead atoms. The van der Waals surface area contributed by atoms with Crippen molar-refractivity contribution in [1.29, 1.82) is 5.26 Å². The van der Waals surface area contributed by atoms with Crippen molar-refractivity contribution in [2.75, 3.05) is 11.9 Å². The van der Waals surface area contributed by atoms with E-state index in [1.165, 1.54) is 4.90 Å². The summed E-state index contributed by atoms with van der Waals surface area (Å²) in [6.45, 7) is 0.449. The molecular weight excluding hydrogens is 422 g/mol. The number of carbonyl (C=O) groups excluding carboxylic acids is 2. The molecule has 4 rings (SSSR count). The highest BCUT2D eigenvalue weighted by atomic mass is 35.5. The standard InChI is InChI=1S/C22H22ClN3O3S/c23-18-8-7-17(30-18)20(27)25-16-6-2-5-15-19(16)22(29)26(21(15)28)12-14-4-1-3-13(11-14)9-10-24/h2,5-8,13-14,21,28H,1,3-4,9,11-12H2,(H,25,27)/t13-,14-,21?/m1/s1. The van der Waals surface area contributed by atoms with Crippen LogP contribution in [0.2, 0.25) is 4.34 Å². The number of rotatable bonds is 5. The van der Waals surface area contributed by atoms with Gasteiger partial charge >= 0.3 is 0 Å². The van der Waals surface area contributed by atoms with E-state index in [9.17, 15) is 14.7 Å². The van der Waals surface area contributed by atoms with Gasteiger partial charge in [-0.25, -0.2) is 0 Å². The van der Waals surface area contributed by atoms with Gasteiger partial charge in [-0.05, 0) is 49.3 Å². The van der Waals surface area contributed by atoms with Gasteiger partial charge in [-0.1, -0.05) is 30.2 Å². The molecule has 1 fully saturated rings. The molecule has 1 aliphatic heterocycles. The van der Waals surface area contributed by atoms with E-state index >= 15 is 0 Å². The van der Waals surface area contributed by atoms with Crippen LogP contribution in [-0.4, -0.2) is 28.4 Å². The van der Waals surface area contributed by atoms with Crippen molar-refractivity contribution in [3.05, 3.63) is 50.7 Å². The first-order chi connectivity index (χ1) is 14.5. The molecule has 30 heavy (non-hydrogen) atoms. The molecule has 0 spiro atoms. The molecule has 3 atom stereocenters. The van der Waals surface area contributed by atoms with Crippen LogP contribution in [0.15, 0.2) is 30.3 Å². The van der Waals surface area contributed by atoms with E-state index < -0.39 is 6.23 Å². The number of aliphatic hydroxyl groups excluding tert-OH is 1. The Morgan fingerprint density at radius 2 is 2.10 bits per heavy atom. The van der Waals surface area contributed by atoms with Crippen LogP contribution in [0.4, 0.5) is 5.69 Å². The summed E-state index contributed by atoms with van der Waals surface area (Å²) in [5.41, 5.74) is 1.23. The third kappa shape index (κ3) is 4.08. The van der Waals surface area contributed by atoms with E-state index in [1.54, 1.807) is 30.3 Å². The van der Waals surface area contributed by atoms with Crippen molar-refractivity contribution in [3.63, 3.8) is 0 Å². The van der Waals surface area contributed by atoms with E-state index in [0.717, 1.165) is 37.0 Å². The molecule has 1 saturated carbocycles. The number of halogens is 1. The molecule has 2 N–H and O–H groups in total. The minimum atomic E-state index is -1.03. The fourth-order valence-corrected chi connectivity index (χ4v) is 5.45. The zero-order chi connectivity index (χ0) is 21.3. The van der Waals surface area contributed by atoms with Gasteiger partial charge in [-0.2, -0.15) is 5.26 Å². The molecule has 0 saturated heterocycles. The number of aliphatic hydroxyl groups is 1. The second kappa shape index (κ2) is 8.76. The average Bonchev–Trinajstić information content (AvgIpc) is 3.27. The lowest BCUT2D eigenvalue weighted by Gasteiger charge is -2.32. The van der Waals surface area contributed by atoms with Gasteiger partial charge in [-0.15, -0.1) is 11.3 Å². The third-order valence-corrected chi connectivity index (χ3v) is 7.15. The molecule has 1 aromatic carbocycles. The maximum Gasteiger partial charge on any atom is 0.265 e. The number of carbonyl (C=O) groups is 2. The van der Waals surface area contributed by atoms with Gasteiger partial charge in [0.05, 0.1) is 26.5 Å². The van der Waals surface area contributed by atoms with Crippen molar-refractivity contribution in [1.82, 2.24) is 4.90 Å². The first-order valence-corrected chi connectivity index (χ1v) is 11.2. The molecule has 0 radical (unpaired) electrons. The maximum atomic E-state index is 13.2. The van der Waals surface area contributed by atoms with Crippen molar-refractivity contribution in [2.24, 2.45) is 11.8 Å². The molecule has 2 aliphatic rings. The first kappa shape index (κ1) is 20.9. The SMILES string of the molecule is N#CC[C@H]1CCC[C@@H](CN2C(=O)c3c(NC(=O)c4ccc(Cl)s4)cccc3C2O)C1. The van der Waals surface area contributed by atoms with Crippen LogP contribution in [0.1, 0.15) is 63.9 Å². The fourth-order valence-electron chi connectivity index (χ4n) is 4.51. The first-order valence-electron chi connectivity index (χ1n) is 10.0. The van der Waals surface area contributed by atoms with Gasteiger partial charge in [0, 0.05) is 18.5 Å². The fraction of sp³-hybridized carbons (Fsp3) is 0.409. The number of nitriles is 1. The van der Waals surface area contributed by atoms with E-state index in [-0.39, 0.29) is 17.7 Å². The number of benzene rings is 1. The Labute approximate surface area is 184 Å². The molecule has 1 aliphatic carbocycles. The summed E-state index contributed by atoms with van der Waals surface area (Å²) in [5, 5.41) is 22.6.